The van der Waals surface area contributed by atoms with Crippen LogP contribution in [0.4, 0.5) is 0 Å². The monoisotopic (exact) mass is 311 g/mol. The zero-order valence-electron chi connectivity index (χ0n) is 12.4. The highest BCUT2D eigenvalue weighted by atomic mass is 32.2. The summed E-state index contributed by atoms with van der Waals surface area (Å²) in [5.41, 5.74) is 1.04. The summed E-state index contributed by atoms with van der Waals surface area (Å²) in [5.74, 6) is 0.179. The molecule has 116 valence electrons. The van der Waals surface area contributed by atoms with Crippen molar-refractivity contribution in [3.05, 3.63) is 30.1 Å². The molecule has 0 radical (unpaired) electrons. The van der Waals surface area contributed by atoms with Gasteiger partial charge in [0.2, 0.25) is 15.9 Å². The third-order valence-corrected chi connectivity index (χ3v) is 5.10. The molecule has 1 amide bonds. The Morgan fingerprint density at radius 3 is 2.52 bits per heavy atom. The number of pyridine rings is 1. The molecule has 0 aromatic carbocycles. The molecule has 2 rings (SSSR count). The summed E-state index contributed by atoms with van der Waals surface area (Å²) in [4.78, 5) is 18.1. The number of hydrogen-bond donors (Lipinski definition) is 0. The Balaban J connectivity index is 1.88. The molecule has 1 saturated heterocycles. The lowest BCUT2D eigenvalue weighted by Gasteiger charge is -2.33. The maximum absolute atomic E-state index is 12.3. The van der Waals surface area contributed by atoms with Gasteiger partial charge in [0.15, 0.2) is 0 Å². The van der Waals surface area contributed by atoms with Gasteiger partial charge in [0.05, 0.1) is 6.26 Å². The maximum atomic E-state index is 12.3. The van der Waals surface area contributed by atoms with E-state index in [1.807, 2.05) is 19.1 Å². The summed E-state index contributed by atoms with van der Waals surface area (Å²) in [5, 5.41) is 0. The third kappa shape index (κ3) is 4.25. The average Bonchev–Trinajstić information content (AvgIpc) is 2.47. The molecule has 0 spiro atoms. The van der Waals surface area contributed by atoms with E-state index in [2.05, 4.69) is 4.98 Å². The fourth-order valence-corrected chi connectivity index (χ4v) is 3.27. The van der Waals surface area contributed by atoms with E-state index in [1.54, 1.807) is 17.3 Å². The topological polar surface area (TPSA) is 70.6 Å². The smallest absolute Gasteiger partial charge is 0.223 e. The van der Waals surface area contributed by atoms with Crippen LogP contribution in [0.2, 0.25) is 0 Å². The highest BCUT2D eigenvalue weighted by Crippen LogP contribution is 2.19. The zero-order valence-corrected chi connectivity index (χ0v) is 13.2. The zero-order chi connectivity index (χ0) is 15.5. The number of rotatable bonds is 4. The van der Waals surface area contributed by atoms with E-state index >= 15 is 0 Å². The standard InChI is InChI=1S/C14H21N3O3S/c1-12(13-4-3-5-15-11-13)10-14(18)16-6-8-17(9-7-16)21(2,19)20/h3-5,11-12H,6-10H2,1-2H3. The van der Waals surface area contributed by atoms with Crippen LogP contribution in [0.15, 0.2) is 24.5 Å². The maximum Gasteiger partial charge on any atom is 0.223 e. The molecule has 7 heteroatoms. The van der Waals surface area contributed by atoms with Crippen LogP contribution in [0.3, 0.4) is 0 Å². The summed E-state index contributed by atoms with van der Waals surface area (Å²) >= 11 is 0. The van der Waals surface area contributed by atoms with Gasteiger partial charge in [0.1, 0.15) is 0 Å². The molecule has 0 N–H and O–H groups in total. The Labute approximate surface area is 125 Å². The van der Waals surface area contributed by atoms with Crippen molar-refractivity contribution in [1.82, 2.24) is 14.2 Å². The van der Waals surface area contributed by atoms with Crippen molar-refractivity contribution in [3.8, 4) is 0 Å². The highest BCUT2D eigenvalue weighted by molar-refractivity contribution is 7.88. The van der Waals surface area contributed by atoms with E-state index in [1.165, 1.54) is 10.6 Å². The Morgan fingerprint density at radius 2 is 2.00 bits per heavy atom. The largest absolute Gasteiger partial charge is 0.340 e. The second kappa shape index (κ2) is 6.53. The van der Waals surface area contributed by atoms with Crippen LogP contribution in [-0.2, 0) is 14.8 Å². The van der Waals surface area contributed by atoms with E-state index in [0.717, 1.165) is 5.56 Å². The molecule has 0 saturated carbocycles. The first kappa shape index (κ1) is 15.9. The van der Waals surface area contributed by atoms with Gasteiger partial charge in [-0.3, -0.25) is 9.78 Å². The van der Waals surface area contributed by atoms with Crippen LogP contribution < -0.4 is 0 Å². The molecule has 6 nitrogen and oxygen atoms in total. The van der Waals surface area contributed by atoms with Gasteiger partial charge in [0, 0.05) is 45.0 Å². The van der Waals surface area contributed by atoms with Crippen molar-refractivity contribution >= 4 is 15.9 Å². The Bertz CT molecular complexity index is 581. The summed E-state index contributed by atoms with van der Waals surface area (Å²) in [6.45, 7) is 3.69. The number of piperazine rings is 1. The van der Waals surface area contributed by atoms with Crippen LogP contribution in [0.1, 0.15) is 24.8 Å². The lowest BCUT2D eigenvalue weighted by atomic mass is 9.99. The quantitative estimate of drug-likeness (QED) is 0.820. The predicted molar refractivity (Wildman–Crippen MR) is 80.3 cm³/mol. The van der Waals surface area contributed by atoms with Gasteiger partial charge >= 0.3 is 0 Å². The molecule has 2 heterocycles. The number of carbonyl (C=O) groups is 1. The molecule has 1 aliphatic heterocycles. The van der Waals surface area contributed by atoms with Crippen molar-refractivity contribution in [1.29, 1.82) is 0 Å². The van der Waals surface area contributed by atoms with Gasteiger partial charge in [-0.25, -0.2) is 8.42 Å². The Kier molecular flexibility index (Phi) is 4.95. The first-order valence-corrected chi connectivity index (χ1v) is 8.85. The van der Waals surface area contributed by atoms with Gasteiger partial charge in [-0.05, 0) is 17.5 Å². The van der Waals surface area contributed by atoms with Gasteiger partial charge in [0.25, 0.3) is 0 Å². The normalized spacial score (nSPS) is 18.5. The number of hydrogen-bond acceptors (Lipinski definition) is 4. The summed E-state index contributed by atoms with van der Waals surface area (Å²) in [6.07, 6.45) is 5.11. The van der Waals surface area contributed by atoms with Crippen molar-refractivity contribution in [3.63, 3.8) is 0 Å². The molecule has 0 bridgehead atoms. The number of carbonyl (C=O) groups excluding carboxylic acids is 1. The molecule has 0 aliphatic carbocycles. The van der Waals surface area contributed by atoms with Crippen molar-refractivity contribution < 1.29 is 13.2 Å². The van der Waals surface area contributed by atoms with Crippen molar-refractivity contribution in [2.75, 3.05) is 32.4 Å². The molecule has 1 fully saturated rings. The van der Waals surface area contributed by atoms with Crippen LogP contribution in [0, 0.1) is 0 Å². The third-order valence-electron chi connectivity index (χ3n) is 3.79. The van der Waals surface area contributed by atoms with Gasteiger partial charge in [-0.2, -0.15) is 4.31 Å². The number of aromatic nitrogens is 1. The van der Waals surface area contributed by atoms with E-state index in [4.69, 9.17) is 0 Å². The van der Waals surface area contributed by atoms with E-state index < -0.39 is 10.0 Å². The van der Waals surface area contributed by atoms with Crippen LogP contribution >= 0.6 is 0 Å². The molecule has 1 aliphatic rings. The molecule has 1 aromatic heterocycles. The second-order valence-corrected chi connectivity index (χ2v) is 7.42. The fraction of sp³-hybridized carbons (Fsp3) is 0.571. The molecular formula is C14H21N3O3S. The number of nitrogens with zero attached hydrogens (tertiary/aromatic N) is 3. The first-order chi connectivity index (χ1) is 9.88. The lowest BCUT2D eigenvalue weighted by Crippen LogP contribution is -2.50. The Morgan fingerprint density at radius 1 is 1.33 bits per heavy atom. The molecular weight excluding hydrogens is 290 g/mol. The molecule has 1 unspecified atom stereocenters. The fourth-order valence-electron chi connectivity index (χ4n) is 2.45. The van der Waals surface area contributed by atoms with Crippen molar-refractivity contribution in [2.24, 2.45) is 0 Å². The Hall–Kier alpha value is -1.47. The van der Waals surface area contributed by atoms with E-state index in [0.29, 0.717) is 32.6 Å². The minimum atomic E-state index is -3.15. The highest BCUT2D eigenvalue weighted by Gasteiger charge is 2.26. The minimum absolute atomic E-state index is 0.0690. The summed E-state index contributed by atoms with van der Waals surface area (Å²) in [6, 6.07) is 3.83. The average molecular weight is 311 g/mol. The number of sulfonamides is 1. The SMILES string of the molecule is CC(CC(=O)N1CCN(S(C)(=O)=O)CC1)c1cccnc1. The molecule has 21 heavy (non-hydrogen) atoms. The summed E-state index contributed by atoms with van der Waals surface area (Å²) < 4.78 is 24.3. The van der Waals surface area contributed by atoms with Gasteiger partial charge in [-0.15, -0.1) is 0 Å². The van der Waals surface area contributed by atoms with E-state index in [-0.39, 0.29) is 11.8 Å². The number of amides is 1. The van der Waals surface area contributed by atoms with Gasteiger partial charge < -0.3 is 4.90 Å². The molecule has 1 aromatic rings. The summed E-state index contributed by atoms with van der Waals surface area (Å²) in [7, 11) is -3.15. The van der Waals surface area contributed by atoms with Crippen LogP contribution in [-0.4, -0.2) is 60.9 Å². The van der Waals surface area contributed by atoms with Crippen molar-refractivity contribution in [2.45, 2.75) is 19.3 Å². The first-order valence-electron chi connectivity index (χ1n) is 7.01. The minimum Gasteiger partial charge on any atom is -0.340 e. The predicted octanol–water partition coefficient (Wildman–Crippen LogP) is 0.679. The van der Waals surface area contributed by atoms with Crippen LogP contribution in [0.25, 0.3) is 0 Å². The van der Waals surface area contributed by atoms with Gasteiger partial charge in [-0.1, -0.05) is 13.0 Å². The van der Waals surface area contributed by atoms with E-state index in [9.17, 15) is 13.2 Å². The van der Waals surface area contributed by atoms with Crippen LogP contribution in [0.5, 0.6) is 0 Å². The molecule has 1 atom stereocenters. The lowest BCUT2D eigenvalue weighted by molar-refractivity contribution is -0.132. The second-order valence-electron chi connectivity index (χ2n) is 5.43.